The van der Waals surface area contributed by atoms with Crippen LogP contribution in [0.5, 0.6) is 0 Å². The predicted octanol–water partition coefficient (Wildman–Crippen LogP) is 1.57. The van der Waals surface area contributed by atoms with E-state index in [1.54, 1.807) is 18.1 Å². The fourth-order valence-electron chi connectivity index (χ4n) is 2.13. The first kappa shape index (κ1) is 17.2. The van der Waals surface area contributed by atoms with E-state index in [-0.39, 0.29) is 18.6 Å². The molecule has 0 fully saturated rings. The second-order valence-corrected chi connectivity index (χ2v) is 5.96. The number of rotatable bonds is 6. The van der Waals surface area contributed by atoms with Gasteiger partial charge in [-0.25, -0.2) is 9.78 Å². The number of hydrogen-bond donors (Lipinski definition) is 2. The minimum atomic E-state index is -0.265. The molecule has 0 bridgehead atoms. The van der Waals surface area contributed by atoms with E-state index >= 15 is 0 Å². The molecule has 1 aromatic carbocycles. The Morgan fingerprint density at radius 1 is 1.35 bits per heavy atom. The van der Waals surface area contributed by atoms with Crippen LogP contribution in [0.2, 0.25) is 5.02 Å². The van der Waals surface area contributed by atoms with Crippen molar-refractivity contribution in [2.24, 2.45) is 7.05 Å². The molecule has 2 amide bonds. The number of likely N-dealkylation sites (N-methyl/N-ethyl adjacent to an activating group) is 1. The Balaban J connectivity index is 1.96. The minimum absolute atomic E-state index is 0.140. The van der Waals surface area contributed by atoms with Crippen LogP contribution in [0.25, 0.3) is 0 Å². The summed E-state index contributed by atoms with van der Waals surface area (Å²) in [6.45, 7) is 0.957. The van der Waals surface area contributed by atoms with Gasteiger partial charge in [-0.15, -0.1) is 0 Å². The number of nitrogens with one attached hydrogen (secondary N) is 2. The molecule has 2 N–H and O–H groups in total. The Bertz CT molecular complexity index is 640. The number of aryl methyl sites for hydroxylation is 1. The van der Waals surface area contributed by atoms with Crippen molar-refractivity contribution in [3.63, 3.8) is 0 Å². The van der Waals surface area contributed by atoms with Crippen molar-refractivity contribution in [3.8, 4) is 0 Å². The molecule has 0 saturated heterocycles. The lowest BCUT2D eigenvalue weighted by Gasteiger charge is -2.23. The lowest BCUT2D eigenvalue weighted by atomic mass is 10.1. The highest BCUT2D eigenvalue weighted by molar-refractivity contribution is 6.30. The van der Waals surface area contributed by atoms with E-state index in [1.807, 2.05) is 43.3 Å². The number of nitrogens with zero attached hydrogens (tertiary/aromatic N) is 4. The summed E-state index contributed by atoms with van der Waals surface area (Å²) < 4.78 is 1.59. The van der Waals surface area contributed by atoms with E-state index < -0.39 is 0 Å². The van der Waals surface area contributed by atoms with Gasteiger partial charge in [0.1, 0.15) is 6.33 Å². The van der Waals surface area contributed by atoms with Crippen LogP contribution >= 0.6 is 11.6 Å². The topological polar surface area (TPSA) is 75.1 Å². The molecule has 0 aliphatic rings. The van der Waals surface area contributed by atoms with Crippen molar-refractivity contribution in [1.29, 1.82) is 0 Å². The van der Waals surface area contributed by atoms with Gasteiger partial charge < -0.3 is 15.5 Å². The first-order valence-corrected chi connectivity index (χ1v) is 7.61. The summed E-state index contributed by atoms with van der Waals surface area (Å²) in [4.78, 5) is 18.2. The SMILES string of the molecule is CN(C)C[C@@H](NC(=O)NCc1ncn(C)n1)c1ccc(Cl)cc1. The lowest BCUT2D eigenvalue weighted by molar-refractivity contribution is 0.232. The molecule has 8 heteroatoms. The molecule has 0 radical (unpaired) electrons. The summed E-state index contributed by atoms with van der Waals surface area (Å²) in [5.41, 5.74) is 0.995. The molecule has 23 heavy (non-hydrogen) atoms. The predicted molar refractivity (Wildman–Crippen MR) is 89.1 cm³/mol. The largest absolute Gasteiger partial charge is 0.331 e. The Hall–Kier alpha value is -2.12. The van der Waals surface area contributed by atoms with Crippen LogP contribution in [-0.2, 0) is 13.6 Å². The minimum Gasteiger partial charge on any atom is -0.331 e. The highest BCUT2D eigenvalue weighted by atomic mass is 35.5. The standard InChI is InChI=1S/C15H21ClN6O/c1-21(2)9-13(11-4-6-12(16)7-5-11)19-15(23)17-8-14-18-10-22(3)20-14/h4-7,10,13H,8-9H2,1-3H3,(H2,17,19,23)/t13-/m1/s1. The number of carbonyl (C=O) groups excluding carboxylic acids is 1. The molecular weight excluding hydrogens is 316 g/mol. The van der Waals surface area contributed by atoms with Crippen LogP contribution < -0.4 is 10.6 Å². The van der Waals surface area contributed by atoms with Crippen LogP contribution in [0, 0.1) is 0 Å². The van der Waals surface area contributed by atoms with Crippen LogP contribution in [-0.4, -0.2) is 46.3 Å². The van der Waals surface area contributed by atoms with Crippen LogP contribution in [0.15, 0.2) is 30.6 Å². The fraction of sp³-hybridized carbons (Fsp3) is 0.400. The molecule has 0 aliphatic heterocycles. The average Bonchev–Trinajstić information content (AvgIpc) is 2.90. The smallest absolute Gasteiger partial charge is 0.315 e. The zero-order chi connectivity index (χ0) is 16.8. The third-order valence-corrected chi connectivity index (χ3v) is 3.43. The molecule has 124 valence electrons. The zero-order valence-corrected chi connectivity index (χ0v) is 14.2. The summed E-state index contributed by atoms with van der Waals surface area (Å²) >= 11 is 5.92. The Kier molecular flexibility index (Phi) is 5.95. The number of carbonyl (C=O) groups is 1. The van der Waals surface area contributed by atoms with E-state index in [9.17, 15) is 4.79 Å². The molecule has 0 unspecified atom stereocenters. The second kappa shape index (κ2) is 7.94. The van der Waals surface area contributed by atoms with E-state index in [0.29, 0.717) is 17.4 Å². The van der Waals surface area contributed by atoms with Crippen LogP contribution in [0.1, 0.15) is 17.4 Å². The molecule has 2 rings (SSSR count). The molecule has 0 spiro atoms. The van der Waals surface area contributed by atoms with Crippen molar-refractivity contribution >= 4 is 17.6 Å². The summed E-state index contributed by atoms with van der Waals surface area (Å²) in [5, 5.41) is 10.5. The number of halogens is 1. The van der Waals surface area contributed by atoms with Gasteiger partial charge in [0, 0.05) is 18.6 Å². The first-order valence-electron chi connectivity index (χ1n) is 7.23. The van der Waals surface area contributed by atoms with Gasteiger partial charge in [0.15, 0.2) is 5.82 Å². The molecule has 0 aliphatic carbocycles. The highest BCUT2D eigenvalue weighted by Gasteiger charge is 2.15. The lowest BCUT2D eigenvalue weighted by Crippen LogP contribution is -2.41. The molecule has 0 saturated carbocycles. The van der Waals surface area contributed by atoms with E-state index in [4.69, 9.17) is 11.6 Å². The van der Waals surface area contributed by atoms with Gasteiger partial charge in [0.05, 0.1) is 12.6 Å². The molecular formula is C15H21ClN6O. The summed E-state index contributed by atoms with van der Waals surface area (Å²) in [6, 6.07) is 7.06. The Morgan fingerprint density at radius 2 is 2.04 bits per heavy atom. The van der Waals surface area contributed by atoms with Crippen molar-refractivity contribution in [2.45, 2.75) is 12.6 Å². The molecule has 2 aromatic rings. The van der Waals surface area contributed by atoms with Gasteiger partial charge in [-0.2, -0.15) is 5.10 Å². The Labute approximate surface area is 140 Å². The third kappa shape index (κ3) is 5.54. The molecule has 1 atom stereocenters. The maximum atomic E-state index is 12.1. The number of aromatic nitrogens is 3. The van der Waals surface area contributed by atoms with E-state index in [2.05, 4.69) is 20.7 Å². The van der Waals surface area contributed by atoms with Gasteiger partial charge >= 0.3 is 6.03 Å². The van der Waals surface area contributed by atoms with Gasteiger partial charge in [0.2, 0.25) is 0 Å². The fourth-order valence-corrected chi connectivity index (χ4v) is 2.25. The normalized spacial score (nSPS) is 12.2. The number of hydrogen-bond acceptors (Lipinski definition) is 4. The van der Waals surface area contributed by atoms with Gasteiger partial charge in [-0.3, -0.25) is 4.68 Å². The van der Waals surface area contributed by atoms with Crippen molar-refractivity contribution in [1.82, 2.24) is 30.3 Å². The summed E-state index contributed by atoms with van der Waals surface area (Å²) in [6.07, 6.45) is 1.59. The third-order valence-electron chi connectivity index (χ3n) is 3.18. The quantitative estimate of drug-likeness (QED) is 0.839. The van der Waals surface area contributed by atoms with E-state index in [0.717, 1.165) is 5.56 Å². The van der Waals surface area contributed by atoms with Gasteiger partial charge in [-0.05, 0) is 31.8 Å². The van der Waals surface area contributed by atoms with Crippen molar-refractivity contribution < 1.29 is 4.79 Å². The number of benzene rings is 1. The average molecular weight is 337 g/mol. The van der Waals surface area contributed by atoms with Crippen molar-refractivity contribution in [2.75, 3.05) is 20.6 Å². The first-order chi connectivity index (χ1) is 10.9. The van der Waals surface area contributed by atoms with Crippen LogP contribution in [0.4, 0.5) is 4.79 Å². The zero-order valence-electron chi connectivity index (χ0n) is 13.5. The summed E-state index contributed by atoms with van der Waals surface area (Å²) in [5.74, 6) is 0.568. The van der Waals surface area contributed by atoms with Gasteiger partial charge in [0.25, 0.3) is 0 Å². The maximum absolute atomic E-state index is 12.1. The second-order valence-electron chi connectivity index (χ2n) is 5.53. The molecule has 1 heterocycles. The monoisotopic (exact) mass is 336 g/mol. The van der Waals surface area contributed by atoms with Crippen molar-refractivity contribution in [3.05, 3.63) is 47.0 Å². The maximum Gasteiger partial charge on any atom is 0.315 e. The highest BCUT2D eigenvalue weighted by Crippen LogP contribution is 2.17. The van der Waals surface area contributed by atoms with E-state index in [1.165, 1.54) is 0 Å². The Morgan fingerprint density at radius 3 is 2.61 bits per heavy atom. The van der Waals surface area contributed by atoms with Gasteiger partial charge in [-0.1, -0.05) is 23.7 Å². The number of amides is 2. The molecule has 7 nitrogen and oxygen atoms in total. The number of urea groups is 1. The molecule has 1 aromatic heterocycles. The summed E-state index contributed by atoms with van der Waals surface area (Å²) in [7, 11) is 5.70. The van der Waals surface area contributed by atoms with Crippen LogP contribution in [0.3, 0.4) is 0 Å².